The van der Waals surface area contributed by atoms with E-state index in [1.54, 1.807) is 0 Å². The maximum Gasteiger partial charge on any atom is 0.123 e. The third kappa shape index (κ3) is 27.4. The van der Waals surface area contributed by atoms with Crippen LogP contribution in [-0.4, -0.2) is 19.9 Å². The Morgan fingerprint density at radius 3 is 2.16 bits per heavy atom. The fourth-order valence-electron chi connectivity index (χ4n) is 4.06. The Kier molecular flexibility index (Phi) is 38.1. The summed E-state index contributed by atoms with van der Waals surface area (Å²) < 4.78 is 0. The van der Waals surface area contributed by atoms with E-state index in [9.17, 15) is 4.79 Å². The molecule has 1 aliphatic carbocycles. The molecule has 0 radical (unpaired) electrons. The first-order valence-electron chi connectivity index (χ1n) is 15.6. The summed E-state index contributed by atoms with van der Waals surface area (Å²) in [7, 11) is 1.94. The van der Waals surface area contributed by atoms with Crippen molar-refractivity contribution in [1.82, 2.24) is 5.32 Å². The molecule has 0 saturated carbocycles. The molecule has 1 rings (SSSR count). The number of aldehydes is 1. The monoisotopic (exact) mass is 532 g/mol. The highest BCUT2D eigenvalue weighted by molar-refractivity contribution is 5.53. The molecular weight excluding hydrogens is 462 g/mol. The van der Waals surface area contributed by atoms with E-state index >= 15 is 0 Å². The summed E-state index contributed by atoms with van der Waals surface area (Å²) in [5.74, 6) is 2.32. The number of hydrogen-bond acceptors (Lipinski definition) is 2. The molecule has 224 valence electrons. The van der Waals surface area contributed by atoms with Gasteiger partial charge in [-0.2, -0.15) is 0 Å². The van der Waals surface area contributed by atoms with Gasteiger partial charge >= 0.3 is 0 Å². The molecule has 1 N–H and O–H groups in total. The molecule has 0 aromatic rings. The molecule has 0 heterocycles. The number of carbonyl (C=O) groups is 1. The highest BCUT2D eigenvalue weighted by Gasteiger charge is 2.23. The van der Waals surface area contributed by atoms with E-state index in [1.165, 1.54) is 55.2 Å². The van der Waals surface area contributed by atoms with Crippen LogP contribution in [0.25, 0.3) is 0 Å². The molecule has 0 spiro atoms. The Morgan fingerprint density at radius 1 is 1.11 bits per heavy atom. The van der Waals surface area contributed by atoms with Gasteiger partial charge < -0.3 is 10.1 Å². The normalized spacial score (nSPS) is 21.6. The van der Waals surface area contributed by atoms with Crippen molar-refractivity contribution in [1.29, 1.82) is 0 Å². The first-order chi connectivity index (χ1) is 18.2. The fraction of sp³-hybridized carbons (Fsp3) is 0.694. The van der Waals surface area contributed by atoms with Crippen LogP contribution in [0.2, 0.25) is 0 Å². The lowest BCUT2D eigenvalue weighted by Crippen LogP contribution is -2.20. The molecule has 0 aromatic heterocycles. The van der Waals surface area contributed by atoms with Gasteiger partial charge in [-0.15, -0.1) is 0 Å². The number of carbonyl (C=O) groups excluding carboxylic acids is 1. The molecular formula is C36H69NO. The van der Waals surface area contributed by atoms with Crippen LogP contribution in [0.1, 0.15) is 128 Å². The van der Waals surface area contributed by atoms with Gasteiger partial charge in [0, 0.05) is 12.5 Å². The lowest BCUT2D eigenvalue weighted by molar-refractivity contribution is -0.112. The van der Waals surface area contributed by atoms with Crippen molar-refractivity contribution in [2.45, 2.75) is 128 Å². The second-order valence-electron chi connectivity index (χ2n) is 10.1. The quantitative estimate of drug-likeness (QED) is 0.182. The summed E-state index contributed by atoms with van der Waals surface area (Å²) in [4.78, 5) is 11.0. The number of nitrogens with one attached hydrogen (secondary N) is 1. The van der Waals surface area contributed by atoms with Gasteiger partial charge in [0.25, 0.3) is 0 Å². The van der Waals surface area contributed by atoms with Gasteiger partial charge in [0.2, 0.25) is 0 Å². The van der Waals surface area contributed by atoms with Gasteiger partial charge in [-0.1, -0.05) is 123 Å². The van der Waals surface area contributed by atoms with Gasteiger partial charge in [0.1, 0.15) is 6.29 Å². The zero-order valence-corrected chi connectivity index (χ0v) is 28.0. The fourth-order valence-corrected chi connectivity index (χ4v) is 4.06. The lowest BCUT2D eigenvalue weighted by Gasteiger charge is -2.28. The second kappa shape index (κ2) is 33.4. The van der Waals surface area contributed by atoms with Crippen LogP contribution in [-0.2, 0) is 4.79 Å². The lowest BCUT2D eigenvalue weighted by atomic mass is 9.77. The van der Waals surface area contributed by atoms with Gasteiger partial charge in [-0.05, 0) is 89.2 Å². The first kappa shape index (κ1) is 43.4. The van der Waals surface area contributed by atoms with E-state index in [2.05, 4.69) is 78.2 Å². The highest BCUT2D eigenvalue weighted by atomic mass is 16.1. The van der Waals surface area contributed by atoms with Crippen LogP contribution < -0.4 is 5.32 Å². The minimum atomic E-state index is 0.219. The number of likely N-dealkylation sites (N-methyl/N-ethyl adjacent to an activating group) is 1. The van der Waals surface area contributed by atoms with Gasteiger partial charge in [0.15, 0.2) is 0 Å². The zero-order chi connectivity index (χ0) is 30.4. The standard InChI is InChI=1S/C16H28O.C13H21N.C3H8.2C2H6/c1-12-6-5-7-13(2)14(3)10-16(9-8-12)15(4)11-17;1-5-7-13(8-6-2)10-9-12(3)11-14-4;1-3-2;2*1-2/h6,11,13-16H,5,7-10H2,1-4H3;5-8,14H,1,3,9-11H2,2,4H3;3H2,1-2H3;2*1-2H3/b12-6+;8-6-,13-7+;;;/t13?,14?,15-,16?;;;;/m1..../s1. The Bertz CT molecular complexity index is 625. The van der Waals surface area contributed by atoms with E-state index in [0.717, 1.165) is 37.5 Å². The predicted molar refractivity (Wildman–Crippen MR) is 178 cm³/mol. The minimum absolute atomic E-state index is 0.219. The summed E-state index contributed by atoms with van der Waals surface area (Å²) >= 11 is 0. The maximum atomic E-state index is 11.0. The molecule has 4 atom stereocenters. The zero-order valence-electron chi connectivity index (χ0n) is 28.0. The Balaban J connectivity index is -0.000000249. The van der Waals surface area contributed by atoms with Gasteiger partial charge in [-0.3, -0.25) is 0 Å². The SMILES string of the molecule is C/C1=C\CCC(C)C(C)CC([C@H](C)C=O)CC1.C=C/C=C(\C=C/C)CCC(=C)CNC.CC.CC.CCC. The van der Waals surface area contributed by atoms with E-state index in [0.29, 0.717) is 5.92 Å². The van der Waals surface area contributed by atoms with Gasteiger partial charge in [-0.25, -0.2) is 0 Å². The largest absolute Gasteiger partial charge is 0.316 e. The van der Waals surface area contributed by atoms with Crippen LogP contribution in [0.4, 0.5) is 0 Å². The summed E-state index contributed by atoms with van der Waals surface area (Å²) in [6.07, 6.45) is 21.0. The van der Waals surface area contributed by atoms with Crippen LogP contribution in [0.3, 0.4) is 0 Å². The van der Waals surface area contributed by atoms with Crippen molar-refractivity contribution < 1.29 is 4.79 Å². The smallest absolute Gasteiger partial charge is 0.123 e. The van der Waals surface area contributed by atoms with Crippen LogP contribution in [0.5, 0.6) is 0 Å². The first-order valence-corrected chi connectivity index (χ1v) is 15.6. The topological polar surface area (TPSA) is 29.1 Å². The minimum Gasteiger partial charge on any atom is -0.316 e. The van der Waals surface area contributed by atoms with Crippen LogP contribution >= 0.6 is 0 Å². The average Bonchev–Trinajstić information content (AvgIpc) is 2.92. The van der Waals surface area contributed by atoms with E-state index in [1.807, 2.05) is 53.8 Å². The molecule has 38 heavy (non-hydrogen) atoms. The predicted octanol–water partition coefficient (Wildman–Crippen LogP) is 11.3. The third-order valence-corrected chi connectivity index (χ3v) is 6.54. The van der Waals surface area contributed by atoms with Crippen molar-refractivity contribution in [2.75, 3.05) is 13.6 Å². The Hall–Kier alpha value is -1.67. The molecule has 2 heteroatoms. The van der Waals surface area contributed by atoms with Crippen molar-refractivity contribution in [3.8, 4) is 0 Å². The summed E-state index contributed by atoms with van der Waals surface area (Å²) in [5.41, 5.74) is 4.06. The molecule has 1 aliphatic rings. The molecule has 0 fully saturated rings. The van der Waals surface area contributed by atoms with E-state index in [-0.39, 0.29) is 5.92 Å². The third-order valence-electron chi connectivity index (χ3n) is 6.54. The molecule has 2 nitrogen and oxygen atoms in total. The highest BCUT2D eigenvalue weighted by Crippen LogP contribution is 2.32. The number of allylic oxidation sites excluding steroid dienone is 7. The van der Waals surface area contributed by atoms with E-state index < -0.39 is 0 Å². The van der Waals surface area contributed by atoms with Crippen molar-refractivity contribution in [3.05, 3.63) is 60.3 Å². The summed E-state index contributed by atoms with van der Waals surface area (Å²) in [6, 6.07) is 0. The molecule has 0 bridgehead atoms. The molecule has 0 amide bonds. The molecule has 0 aromatic carbocycles. The average molecular weight is 532 g/mol. The Labute approximate surface area is 241 Å². The molecule has 0 saturated heterocycles. The van der Waals surface area contributed by atoms with Crippen LogP contribution in [0, 0.1) is 23.7 Å². The second-order valence-corrected chi connectivity index (χ2v) is 10.1. The molecule has 3 unspecified atom stereocenters. The van der Waals surface area contributed by atoms with Crippen molar-refractivity contribution >= 4 is 6.29 Å². The van der Waals surface area contributed by atoms with Crippen LogP contribution in [0.15, 0.2) is 60.3 Å². The van der Waals surface area contributed by atoms with Crippen molar-refractivity contribution in [3.63, 3.8) is 0 Å². The number of hydrogen-bond donors (Lipinski definition) is 1. The van der Waals surface area contributed by atoms with E-state index in [4.69, 9.17) is 0 Å². The van der Waals surface area contributed by atoms with Crippen molar-refractivity contribution in [2.24, 2.45) is 23.7 Å². The summed E-state index contributed by atoms with van der Waals surface area (Å²) in [6.45, 7) is 31.9. The molecule has 0 aliphatic heterocycles. The Morgan fingerprint density at radius 2 is 1.68 bits per heavy atom. The summed E-state index contributed by atoms with van der Waals surface area (Å²) in [5, 5.41) is 3.10. The van der Waals surface area contributed by atoms with Gasteiger partial charge in [0.05, 0.1) is 0 Å². The number of rotatable bonds is 9. The maximum absolute atomic E-state index is 11.0.